The number of benzene rings is 2. The van der Waals surface area contributed by atoms with E-state index in [9.17, 15) is 4.79 Å². The van der Waals surface area contributed by atoms with Crippen molar-refractivity contribution >= 4 is 17.4 Å². The summed E-state index contributed by atoms with van der Waals surface area (Å²) in [5, 5.41) is 5.97. The molecule has 0 fully saturated rings. The van der Waals surface area contributed by atoms with Gasteiger partial charge in [-0.1, -0.05) is 18.2 Å². The number of hydrogen-bond donors (Lipinski definition) is 2. The van der Waals surface area contributed by atoms with Gasteiger partial charge >= 0.3 is 0 Å². The molecule has 0 aliphatic carbocycles. The van der Waals surface area contributed by atoms with Gasteiger partial charge < -0.3 is 20.1 Å². The van der Waals surface area contributed by atoms with E-state index in [2.05, 4.69) is 20.6 Å². The molecule has 2 N–H and O–H groups in total. The van der Waals surface area contributed by atoms with E-state index in [-0.39, 0.29) is 17.7 Å². The van der Waals surface area contributed by atoms with Crippen molar-refractivity contribution in [1.82, 2.24) is 9.97 Å². The molecule has 0 saturated heterocycles. The van der Waals surface area contributed by atoms with Crippen LogP contribution in [0.15, 0.2) is 60.9 Å². The third kappa shape index (κ3) is 5.68. The van der Waals surface area contributed by atoms with Crippen LogP contribution in [0.1, 0.15) is 29.9 Å². The highest BCUT2D eigenvalue weighted by atomic mass is 16.5. The lowest BCUT2D eigenvalue weighted by molar-refractivity contribution is 0.102. The van der Waals surface area contributed by atoms with Crippen LogP contribution in [0.5, 0.6) is 11.5 Å². The molecule has 3 rings (SSSR count). The third-order valence-electron chi connectivity index (χ3n) is 4.02. The number of aromatic nitrogens is 2. The van der Waals surface area contributed by atoms with E-state index in [0.717, 1.165) is 17.1 Å². The molecule has 0 bridgehead atoms. The number of ether oxygens (including phenoxy) is 2. The maximum atomic E-state index is 12.4. The standard InChI is InChI=1S/C22H24N4O3/c1-15(2)29-18-10-8-17(9-11-18)26-22(27)19-13-25-21(14-23-19)24-12-16-6-4-5-7-20(16)28-3/h4-11,13-15H,12H2,1-3H3,(H,24,25)(H,26,27). The summed E-state index contributed by atoms with van der Waals surface area (Å²) >= 11 is 0. The van der Waals surface area contributed by atoms with Crippen molar-refractivity contribution < 1.29 is 14.3 Å². The average molecular weight is 392 g/mol. The minimum absolute atomic E-state index is 0.0980. The molecule has 3 aromatic rings. The van der Waals surface area contributed by atoms with Crippen LogP contribution < -0.4 is 20.1 Å². The van der Waals surface area contributed by atoms with E-state index in [4.69, 9.17) is 9.47 Å². The molecule has 0 aliphatic rings. The van der Waals surface area contributed by atoms with Gasteiger partial charge in [0.1, 0.15) is 23.0 Å². The molecule has 0 unspecified atom stereocenters. The van der Waals surface area contributed by atoms with Gasteiger partial charge in [-0.25, -0.2) is 9.97 Å². The number of amides is 1. The maximum absolute atomic E-state index is 12.4. The van der Waals surface area contributed by atoms with Crippen molar-refractivity contribution in [2.75, 3.05) is 17.7 Å². The molecule has 0 aliphatic heterocycles. The molecule has 7 heteroatoms. The van der Waals surface area contributed by atoms with Gasteiger partial charge in [-0.2, -0.15) is 0 Å². The summed E-state index contributed by atoms with van der Waals surface area (Å²) in [4.78, 5) is 20.8. The summed E-state index contributed by atoms with van der Waals surface area (Å²) in [5.74, 6) is 1.80. The van der Waals surface area contributed by atoms with Gasteiger partial charge in [0, 0.05) is 17.8 Å². The first kappa shape index (κ1) is 20.1. The van der Waals surface area contributed by atoms with E-state index in [1.165, 1.54) is 12.4 Å². The van der Waals surface area contributed by atoms with Crippen LogP contribution >= 0.6 is 0 Å². The van der Waals surface area contributed by atoms with Gasteiger partial charge in [0.15, 0.2) is 0 Å². The molecule has 0 spiro atoms. The van der Waals surface area contributed by atoms with E-state index in [1.807, 2.05) is 50.2 Å². The van der Waals surface area contributed by atoms with Crippen molar-refractivity contribution in [2.45, 2.75) is 26.5 Å². The highest BCUT2D eigenvalue weighted by Crippen LogP contribution is 2.19. The SMILES string of the molecule is COc1ccccc1CNc1cnc(C(=O)Nc2ccc(OC(C)C)cc2)cn1. The van der Waals surface area contributed by atoms with Crippen LogP contribution in [0, 0.1) is 0 Å². The lowest BCUT2D eigenvalue weighted by Gasteiger charge is -2.11. The molecular formula is C22H24N4O3. The Kier molecular flexibility index (Phi) is 6.63. The third-order valence-corrected chi connectivity index (χ3v) is 4.02. The fourth-order valence-electron chi connectivity index (χ4n) is 2.66. The van der Waals surface area contributed by atoms with Crippen LogP contribution in [0.25, 0.3) is 0 Å². The van der Waals surface area contributed by atoms with Crippen molar-refractivity contribution in [3.8, 4) is 11.5 Å². The van der Waals surface area contributed by atoms with E-state index >= 15 is 0 Å². The Bertz CT molecular complexity index is 941. The van der Waals surface area contributed by atoms with Gasteiger partial charge in [0.25, 0.3) is 5.91 Å². The number of nitrogens with one attached hydrogen (secondary N) is 2. The number of hydrogen-bond acceptors (Lipinski definition) is 6. The first-order valence-corrected chi connectivity index (χ1v) is 9.31. The first-order chi connectivity index (χ1) is 14.0. The second-order valence-corrected chi connectivity index (χ2v) is 6.60. The normalized spacial score (nSPS) is 10.5. The summed E-state index contributed by atoms with van der Waals surface area (Å²) in [6.45, 7) is 4.46. The van der Waals surface area contributed by atoms with Crippen molar-refractivity contribution in [2.24, 2.45) is 0 Å². The molecule has 7 nitrogen and oxygen atoms in total. The monoisotopic (exact) mass is 392 g/mol. The molecule has 0 saturated carbocycles. The molecule has 1 heterocycles. The number of rotatable bonds is 8. The Morgan fingerprint density at radius 2 is 1.79 bits per heavy atom. The number of carbonyl (C=O) groups is 1. The zero-order valence-electron chi connectivity index (χ0n) is 16.7. The molecule has 150 valence electrons. The van der Waals surface area contributed by atoms with Crippen LogP contribution in [0.3, 0.4) is 0 Å². The van der Waals surface area contributed by atoms with Crippen LogP contribution in [0.2, 0.25) is 0 Å². The minimum Gasteiger partial charge on any atom is -0.496 e. The molecule has 29 heavy (non-hydrogen) atoms. The summed E-state index contributed by atoms with van der Waals surface area (Å²) in [7, 11) is 1.64. The van der Waals surface area contributed by atoms with Gasteiger partial charge in [0.05, 0.1) is 25.6 Å². The Morgan fingerprint density at radius 3 is 2.45 bits per heavy atom. The Balaban J connectivity index is 1.57. The largest absolute Gasteiger partial charge is 0.496 e. The predicted molar refractivity (Wildman–Crippen MR) is 113 cm³/mol. The van der Waals surface area contributed by atoms with Gasteiger partial charge in [0.2, 0.25) is 0 Å². The Hall–Kier alpha value is -3.61. The summed E-state index contributed by atoms with van der Waals surface area (Å²) in [6.07, 6.45) is 3.07. The first-order valence-electron chi connectivity index (χ1n) is 9.31. The van der Waals surface area contributed by atoms with Crippen LogP contribution in [0.4, 0.5) is 11.5 Å². The Labute approximate surface area is 170 Å². The zero-order chi connectivity index (χ0) is 20.6. The summed E-state index contributed by atoms with van der Waals surface area (Å²) < 4.78 is 10.9. The molecular weight excluding hydrogens is 368 g/mol. The van der Waals surface area contributed by atoms with E-state index < -0.39 is 0 Å². The van der Waals surface area contributed by atoms with Gasteiger partial charge in [-0.15, -0.1) is 0 Å². The maximum Gasteiger partial charge on any atom is 0.275 e. The zero-order valence-corrected chi connectivity index (χ0v) is 16.7. The lowest BCUT2D eigenvalue weighted by atomic mass is 10.2. The second kappa shape index (κ2) is 9.54. The smallest absolute Gasteiger partial charge is 0.275 e. The highest BCUT2D eigenvalue weighted by molar-refractivity contribution is 6.02. The molecule has 0 radical (unpaired) electrons. The quantitative estimate of drug-likeness (QED) is 0.599. The van der Waals surface area contributed by atoms with Crippen LogP contribution in [-0.4, -0.2) is 29.1 Å². The number of methoxy groups -OCH3 is 1. The van der Waals surface area contributed by atoms with Crippen molar-refractivity contribution in [1.29, 1.82) is 0 Å². The lowest BCUT2D eigenvalue weighted by Crippen LogP contribution is -2.14. The summed E-state index contributed by atoms with van der Waals surface area (Å²) in [6, 6.07) is 14.9. The van der Waals surface area contributed by atoms with Crippen molar-refractivity contribution in [3.05, 3.63) is 72.2 Å². The number of carbonyl (C=O) groups excluding carboxylic acids is 1. The fraction of sp³-hybridized carbons (Fsp3) is 0.227. The molecule has 2 aromatic carbocycles. The molecule has 0 atom stereocenters. The minimum atomic E-state index is -0.327. The predicted octanol–water partition coefficient (Wildman–Crippen LogP) is 4.14. The highest BCUT2D eigenvalue weighted by Gasteiger charge is 2.09. The van der Waals surface area contributed by atoms with E-state index in [1.54, 1.807) is 19.2 Å². The van der Waals surface area contributed by atoms with E-state index in [0.29, 0.717) is 18.1 Å². The molecule has 1 amide bonds. The fourth-order valence-corrected chi connectivity index (χ4v) is 2.66. The number of anilines is 2. The Morgan fingerprint density at radius 1 is 1.03 bits per heavy atom. The number of para-hydroxylation sites is 1. The summed E-state index contributed by atoms with van der Waals surface area (Å²) in [5.41, 5.74) is 1.89. The van der Waals surface area contributed by atoms with Gasteiger partial charge in [-0.3, -0.25) is 4.79 Å². The average Bonchev–Trinajstić information content (AvgIpc) is 2.74. The van der Waals surface area contributed by atoms with Gasteiger partial charge in [-0.05, 0) is 44.2 Å². The van der Waals surface area contributed by atoms with Crippen molar-refractivity contribution in [3.63, 3.8) is 0 Å². The second-order valence-electron chi connectivity index (χ2n) is 6.60. The number of nitrogens with zero attached hydrogens (tertiary/aromatic N) is 2. The van der Waals surface area contributed by atoms with Crippen LogP contribution in [-0.2, 0) is 6.54 Å². The topological polar surface area (TPSA) is 85.4 Å². The molecule has 1 aromatic heterocycles.